The number of halogens is 1. The number of thioether (sulfide) groups is 1. The van der Waals surface area contributed by atoms with E-state index in [0.29, 0.717) is 11.3 Å². The van der Waals surface area contributed by atoms with Gasteiger partial charge in [0.15, 0.2) is 0 Å². The maximum absolute atomic E-state index is 12.6. The van der Waals surface area contributed by atoms with Crippen LogP contribution in [-0.4, -0.2) is 47.1 Å². The lowest BCUT2D eigenvalue weighted by molar-refractivity contribution is 0.0731. The van der Waals surface area contributed by atoms with Crippen molar-refractivity contribution in [1.82, 2.24) is 20.4 Å². The highest BCUT2D eigenvalue weighted by molar-refractivity contribution is 7.98. The van der Waals surface area contributed by atoms with Crippen LogP contribution in [0.4, 0.5) is 0 Å². The van der Waals surface area contributed by atoms with Crippen molar-refractivity contribution in [2.75, 3.05) is 26.2 Å². The Morgan fingerprint density at radius 1 is 1.43 bits per heavy atom. The molecule has 1 aliphatic heterocycles. The van der Waals surface area contributed by atoms with Gasteiger partial charge in [-0.05, 0) is 19.1 Å². The average Bonchev–Trinajstić information content (AvgIpc) is 2.99. The van der Waals surface area contributed by atoms with Crippen LogP contribution >= 0.6 is 24.2 Å². The van der Waals surface area contributed by atoms with Crippen LogP contribution in [0.1, 0.15) is 21.8 Å². The highest BCUT2D eigenvalue weighted by Gasteiger charge is 2.21. The highest BCUT2D eigenvalue weighted by atomic mass is 35.5. The van der Waals surface area contributed by atoms with Crippen molar-refractivity contribution in [3.63, 3.8) is 0 Å². The molecule has 1 saturated heterocycles. The number of pyridine rings is 1. The van der Waals surface area contributed by atoms with Gasteiger partial charge in [0.1, 0.15) is 10.8 Å². The van der Waals surface area contributed by atoms with Crippen LogP contribution in [0.25, 0.3) is 0 Å². The second-order valence-electron chi connectivity index (χ2n) is 5.12. The van der Waals surface area contributed by atoms with Crippen molar-refractivity contribution < 1.29 is 9.32 Å². The van der Waals surface area contributed by atoms with E-state index in [9.17, 15) is 4.79 Å². The summed E-state index contributed by atoms with van der Waals surface area (Å²) in [5.41, 5.74) is 1.52. The quantitative estimate of drug-likeness (QED) is 0.848. The monoisotopic (exact) mass is 354 g/mol. The van der Waals surface area contributed by atoms with Gasteiger partial charge >= 0.3 is 0 Å². The minimum absolute atomic E-state index is 0. The summed E-state index contributed by atoms with van der Waals surface area (Å²) in [4.78, 5) is 18.9. The van der Waals surface area contributed by atoms with Crippen molar-refractivity contribution >= 4 is 30.1 Å². The molecule has 1 aliphatic rings. The van der Waals surface area contributed by atoms with Gasteiger partial charge in [-0.1, -0.05) is 16.9 Å². The molecule has 8 heteroatoms. The van der Waals surface area contributed by atoms with E-state index in [1.807, 2.05) is 24.0 Å². The maximum atomic E-state index is 12.6. The fourth-order valence-electron chi connectivity index (χ4n) is 2.34. The van der Waals surface area contributed by atoms with Gasteiger partial charge in [-0.15, -0.1) is 12.4 Å². The zero-order valence-electron chi connectivity index (χ0n) is 12.8. The van der Waals surface area contributed by atoms with Crippen LogP contribution in [0.3, 0.4) is 0 Å². The molecule has 1 amide bonds. The Kier molecular flexibility index (Phi) is 6.44. The van der Waals surface area contributed by atoms with Crippen molar-refractivity contribution in [2.24, 2.45) is 0 Å². The molecule has 0 aliphatic carbocycles. The van der Waals surface area contributed by atoms with Crippen LogP contribution in [0.15, 0.2) is 33.9 Å². The molecule has 1 fully saturated rings. The standard InChI is InChI=1S/C15H18N4O2S.ClH/c1-11-9-12(18-21-11)10-22-14-13(3-2-4-17-14)15(20)19-7-5-16-6-8-19;/h2-4,9,16H,5-8,10H2,1H3;1H. The van der Waals surface area contributed by atoms with Gasteiger partial charge in [0.05, 0.1) is 11.3 Å². The van der Waals surface area contributed by atoms with Crippen LogP contribution in [0.5, 0.6) is 0 Å². The van der Waals surface area contributed by atoms with Gasteiger partial charge in [-0.25, -0.2) is 4.98 Å². The largest absolute Gasteiger partial charge is 0.361 e. The topological polar surface area (TPSA) is 71.3 Å². The molecule has 3 heterocycles. The zero-order chi connectivity index (χ0) is 15.4. The predicted molar refractivity (Wildman–Crippen MR) is 91.1 cm³/mol. The summed E-state index contributed by atoms with van der Waals surface area (Å²) in [6, 6.07) is 5.54. The van der Waals surface area contributed by atoms with Crippen LogP contribution in [-0.2, 0) is 5.75 Å². The molecule has 0 unspecified atom stereocenters. The minimum atomic E-state index is 0. The first-order valence-electron chi connectivity index (χ1n) is 7.24. The summed E-state index contributed by atoms with van der Waals surface area (Å²) >= 11 is 1.51. The van der Waals surface area contributed by atoms with Gasteiger partial charge in [-0.2, -0.15) is 0 Å². The van der Waals surface area contributed by atoms with E-state index in [-0.39, 0.29) is 18.3 Å². The smallest absolute Gasteiger partial charge is 0.256 e. The lowest BCUT2D eigenvalue weighted by atomic mass is 10.2. The van der Waals surface area contributed by atoms with E-state index >= 15 is 0 Å². The fourth-order valence-corrected chi connectivity index (χ4v) is 3.20. The number of aryl methyl sites for hydroxylation is 1. The Bertz CT molecular complexity index is 658. The average molecular weight is 355 g/mol. The molecule has 0 radical (unpaired) electrons. The summed E-state index contributed by atoms with van der Waals surface area (Å²) in [6.45, 7) is 5.02. The molecule has 0 spiro atoms. The number of aromatic nitrogens is 2. The number of nitrogens with zero attached hydrogens (tertiary/aromatic N) is 3. The lowest BCUT2D eigenvalue weighted by Crippen LogP contribution is -2.46. The Morgan fingerprint density at radius 3 is 2.91 bits per heavy atom. The van der Waals surface area contributed by atoms with Gasteiger partial charge < -0.3 is 14.7 Å². The summed E-state index contributed by atoms with van der Waals surface area (Å²) in [7, 11) is 0. The molecule has 0 bridgehead atoms. The Hall–Kier alpha value is -1.57. The first-order chi connectivity index (χ1) is 10.7. The van der Waals surface area contributed by atoms with Crippen molar-refractivity contribution in [3.05, 3.63) is 41.4 Å². The molecule has 23 heavy (non-hydrogen) atoms. The molecule has 3 rings (SSSR count). The minimum Gasteiger partial charge on any atom is -0.361 e. The fraction of sp³-hybridized carbons (Fsp3) is 0.400. The Labute approximate surface area is 145 Å². The molecular formula is C15H19ClN4O2S. The number of carbonyl (C=O) groups excluding carboxylic acids is 1. The van der Waals surface area contributed by atoms with Crippen molar-refractivity contribution in [2.45, 2.75) is 17.7 Å². The third kappa shape index (κ3) is 4.46. The molecule has 6 nitrogen and oxygen atoms in total. The molecule has 124 valence electrons. The zero-order valence-corrected chi connectivity index (χ0v) is 14.5. The molecule has 2 aromatic rings. The molecule has 0 saturated carbocycles. The summed E-state index contributed by atoms with van der Waals surface area (Å²) in [5.74, 6) is 1.47. The second kappa shape index (κ2) is 8.33. The van der Waals surface area contributed by atoms with Crippen LogP contribution in [0.2, 0.25) is 0 Å². The first-order valence-corrected chi connectivity index (χ1v) is 8.22. The summed E-state index contributed by atoms with van der Waals surface area (Å²) in [5, 5.41) is 7.96. The van der Waals surface area contributed by atoms with Crippen molar-refractivity contribution in [1.29, 1.82) is 0 Å². The van der Waals surface area contributed by atoms with E-state index in [4.69, 9.17) is 4.52 Å². The van der Waals surface area contributed by atoms with Crippen molar-refractivity contribution in [3.8, 4) is 0 Å². The first kappa shape index (κ1) is 17.8. The van der Waals surface area contributed by atoms with Gasteiger partial charge in [0.2, 0.25) is 0 Å². The van der Waals surface area contributed by atoms with Gasteiger partial charge in [0, 0.05) is 44.2 Å². The van der Waals surface area contributed by atoms with Crippen LogP contribution in [0, 0.1) is 6.92 Å². The Balaban J connectivity index is 0.00000192. The number of hydrogen-bond acceptors (Lipinski definition) is 6. The van der Waals surface area contributed by atoms with Gasteiger partial charge in [0.25, 0.3) is 5.91 Å². The van der Waals surface area contributed by atoms with E-state index < -0.39 is 0 Å². The number of hydrogen-bond donors (Lipinski definition) is 1. The number of rotatable bonds is 4. The molecule has 1 N–H and O–H groups in total. The normalized spacial score (nSPS) is 14.4. The highest BCUT2D eigenvalue weighted by Crippen LogP contribution is 2.25. The third-order valence-corrected chi connectivity index (χ3v) is 4.48. The third-order valence-electron chi connectivity index (χ3n) is 3.44. The summed E-state index contributed by atoms with van der Waals surface area (Å²) in [6.07, 6.45) is 1.71. The van der Waals surface area contributed by atoms with E-state index in [1.165, 1.54) is 11.8 Å². The molecule has 0 aromatic carbocycles. The Morgan fingerprint density at radius 2 is 2.22 bits per heavy atom. The van der Waals surface area contributed by atoms with Crippen LogP contribution < -0.4 is 5.32 Å². The number of piperazine rings is 1. The van der Waals surface area contributed by atoms with E-state index in [2.05, 4.69) is 15.5 Å². The predicted octanol–water partition coefficient (Wildman–Crippen LogP) is 2.14. The van der Waals surface area contributed by atoms with E-state index in [1.54, 1.807) is 12.3 Å². The lowest BCUT2D eigenvalue weighted by Gasteiger charge is -2.27. The maximum Gasteiger partial charge on any atom is 0.256 e. The second-order valence-corrected chi connectivity index (χ2v) is 6.08. The molecule has 0 atom stereocenters. The number of amides is 1. The van der Waals surface area contributed by atoms with Gasteiger partial charge in [-0.3, -0.25) is 4.79 Å². The molecular weight excluding hydrogens is 336 g/mol. The number of carbonyl (C=O) groups is 1. The molecule has 2 aromatic heterocycles. The van der Waals surface area contributed by atoms with E-state index in [0.717, 1.165) is 42.7 Å². The number of nitrogens with one attached hydrogen (secondary N) is 1. The summed E-state index contributed by atoms with van der Waals surface area (Å²) < 4.78 is 5.06. The SMILES string of the molecule is Cc1cc(CSc2ncccc2C(=O)N2CCNCC2)no1.Cl.